The predicted molar refractivity (Wildman–Crippen MR) is 193 cm³/mol. The van der Waals surface area contributed by atoms with Crippen LogP contribution in [0.1, 0.15) is 52.0 Å². The van der Waals surface area contributed by atoms with Gasteiger partial charge in [-0.15, -0.1) is 6.58 Å². The molecule has 3 aromatic carbocycles. The quantitative estimate of drug-likeness (QED) is 0.216. The van der Waals surface area contributed by atoms with Crippen LogP contribution in [0, 0.1) is 23.0 Å². The second kappa shape index (κ2) is 13.7. The van der Waals surface area contributed by atoms with Crippen LogP contribution in [0.15, 0.2) is 85.5 Å². The maximum Gasteiger partial charge on any atom is 0.259 e. The van der Waals surface area contributed by atoms with Crippen molar-refractivity contribution in [2.24, 2.45) is 11.3 Å². The Hall–Kier alpha value is -4.62. The second-order valence-corrected chi connectivity index (χ2v) is 17.0. The smallest absolute Gasteiger partial charge is 0.259 e. The molecule has 3 N–H and O–H groups in total. The van der Waals surface area contributed by atoms with E-state index in [0.717, 1.165) is 23.3 Å². The standard InChI is InChI=1S/C39H44F2N4O6S/c1-6-26-21-39(26,36(48)44-52(49,50)29-17-18-29)43-34(46)32-22-38(51-5,27-14-12-25(13-15-27)24-10-8-7-9-11-24)23-45(32)35(47)33(37(2,3)4)42-28-16-19-30(40)31(41)20-28/h6-16,19-20,26,29,32-33,42H,1,17-18,21-23H2,2-5H3,(H,43,46)(H,44,48)/t26-,32+,33?,38+,39-/m1/s1. The number of hydrogen-bond donors (Lipinski definition) is 3. The number of likely N-dealkylation sites (tertiary alicyclic amines) is 1. The van der Waals surface area contributed by atoms with Crippen LogP contribution >= 0.6 is 0 Å². The summed E-state index contributed by atoms with van der Waals surface area (Å²) in [5.41, 5.74) is -0.685. The topological polar surface area (TPSA) is 134 Å². The average molecular weight is 735 g/mol. The Morgan fingerprint density at radius 2 is 1.62 bits per heavy atom. The Morgan fingerprint density at radius 1 is 0.962 bits per heavy atom. The van der Waals surface area contributed by atoms with Gasteiger partial charge in [-0.25, -0.2) is 17.2 Å². The monoisotopic (exact) mass is 734 g/mol. The Morgan fingerprint density at radius 3 is 2.17 bits per heavy atom. The zero-order valence-corrected chi connectivity index (χ0v) is 30.4. The minimum Gasteiger partial charge on any atom is -0.373 e. The first-order valence-corrected chi connectivity index (χ1v) is 18.8. The maximum atomic E-state index is 14.7. The number of methoxy groups -OCH3 is 1. The number of nitrogens with zero attached hydrogens (tertiary/aromatic N) is 1. The van der Waals surface area contributed by atoms with Gasteiger partial charge < -0.3 is 20.3 Å². The first-order chi connectivity index (χ1) is 24.5. The van der Waals surface area contributed by atoms with Gasteiger partial charge in [0.05, 0.1) is 11.8 Å². The molecule has 3 fully saturated rings. The van der Waals surface area contributed by atoms with Crippen molar-refractivity contribution in [1.82, 2.24) is 14.9 Å². The third kappa shape index (κ3) is 7.20. The van der Waals surface area contributed by atoms with Crippen LogP contribution in [0.3, 0.4) is 0 Å². The summed E-state index contributed by atoms with van der Waals surface area (Å²) < 4.78 is 61.8. The average Bonchev–Trinajstić information content (AvgIpc) is 4.05. The SMILES string of the molecule is C=C[C@@H]1C[C@]1(NC(=O)[C@@H]1C[C@@](OC)(c2ccc(-c3ccccc3)cc2)CN1C(=O)C(Nc1ccc(F)c(F)c1)C(C)(C)C)C(=O)NS(=O)(=O)C1CC1. The van der Waals surface area contributed by atoms with E-state index in [4.69, 9.17) is 4.74 Å². The fraction of sp³-hybridized carbons (Fsp3) is 0.410. The van der Waals surface area contributed by atoms with E-state index in [1.54, 1.807) is 20.8 Å². The fourth-order valence-corrected chi connectivity index (χ4v) is 8.36. The highest BCUT2D eigenvalue weighted by Crippen LogP contribution is 2.47. The van der Waals surface area contributed by atoms with Crippen LogP contribution in [0.5, 0.6) is 0 Å². The molecule has 0 radical (unpaired) electrons. The normalized spacial score (nSPS) is 24.8. The molecule has 0 aromatic heterocycles. The van der Waals surface area contributed by atoms with E-state index in [-0.39, 0.29) is 25.1 Å². The lowest BCUT2D eigenvalue weighted by Gasteiger charge is -2.36. The molecule has 1 heterocycles. The number of nitrogens with one attached hydrogen (secondary N) is 3. The number of amides is 3. The van der Waals surface area contributed by atoms with E-state index in [0.29, 0.717) is 18.4 Å². The molecular formula is C39H44F2N4O6S. The molecule has 5 atom stereocenters. The van der Waals surface area contributed by atoms with Crippen molar-refractivity contribution in [3.05, 3.63) is 103 Å². The van der Waals surface area contributed by atoms with Crippen LogP contribution in [0.2, 0.25) is 0 Å². The predicted octanol–water partition coefficient (Wildman–Crippen LogP) is 5.27. The van der Waals surface area contributed by atoms with Crippen molar-refractivity contribution in [3.8, 4) is 11.1 Å². The first-order valence-electron chi connectivity index (χ1n) is 17.3. The first kappa shape index (κ1) is 37.1. The summed E-state index contributed by atoms with van der Waals surface area (Å²) >= 11 is 0. The number of hydrogen-bond acceptors (Lipinski definition) is 7. The van der Waals surface area contributed by atoms with Gasteiger partial charge in [-0.1, -0.05) is 81.4 Å². The Labute approximate surface area is 303 Å². The molecule has 3 amide bonds. The van der Waals surface area contributed by atoms with Gasteiger partial charge >= 0.3 is 0 Å². The van der Waals surface area contributed by atoms with Gasteiger partial charge in [0.2, 0.25) is 21.8 Å². The Kier molecular flexibility index (Phi) is 9.81. The van der Waals surface area contributed by atoms with Crippen LogP contribution in [-0.4, -0.2) is 67.6 Å². The molecule has 3 aromatic rings. The van der Waals surface area contributed by atoms with Gasteiger partial charge in [-0.2, -0.15) is 0 Å². The number of benzene rings is 3. The Balaban J connectivity index is 1.35. The van der Waals surface area contributed by atoms with Crippen molar-refractivity contribution < 1.29 is 36.3 Å². The van der Waals surface area contributed by atoms with Gasteiger partial charge in [-0.3, -0.25) is 19.1 Å². The molecule has 0 bridgehead atoms. The van der Waals surface area contributed by atoms with Crippen LogP contribution in [0.25, 0.3) is 11.1 Å². The van der Waals surface area contributed by atoms with Crippen molar-refractivity contribution in [2.75, 3.05) is 19.0 Å². The molecule has 6 rings (SSSR count). The van der Waals surface area contributed by atoms with E-state index < -0.39 is 79.2 Å². The zero-order chi connectivity index (χ0) is 37.6. The van der Waals surface area contributed by atoms with E-state index in [1.165, 1.54) is 24.2 Å². The lowest BCUT2D eigenvalue weighted by Crippen LogP contribution is -2.58. The summed E-state index contributed by atoms with van der Waals surface area (Å²) in [7, 11) is -2.41. The van der Waals surface area contributed by atoms with Crippen molar-refractivity contribution >= 4 is 33.4 Å². The lowest BCUT2D eigenvalue weighted by atomic mass is 9.85. The Bertz CT molecular complexity index is 1980. The maximum absolute atomic E-state index is 14.7. The summed E-state index contributed by atoms with van der Waals surface area (Å²) in [5.74, 6) is -4.69. The molecule has 0 spiro atoms. The van der Waals surface area contributed by atoms with Crippen molar-refractivity contribution in [1.29, 1.82) is 0 Å². The molecule has 3 aliphatic rings. The van der Waals surface area contributed by atoms with E-state index in [2.05, 4.69) is 21.9 Å². The second-order valence-electron chi connectivity index (χ2n) is 15.1. The highest BCUT2D eigenvalue weighted by atomic mass is 32.2. The number of rotatable bonds is 12. The number of carbonyl (C=O) groups is 3. The van der Waals surface area contributed by atoms with Crippen LogP contribution in [0.4, 0.5) is 14.5 Å². The fourth-order valence-electron chi connectivity index (χ4n) is 7.00. The molecule has 1 aliphatic heterocycles. The van der Waals surface area contributed by atoms with Crippen molar-refractivity contribution in [3.63, 3.8) is 0 Å². The number of ether oxygens (including phenoxy) is 1. The summed E-state index contributed by atoms with van der Waals surface area (Å²) in [4.78, 5) is 44.1. The summed E-state index contributed by atoms with van der Waals surface area (Å²) in [6.45, 7) is 9.13. The number of anilines is 1. The molecular weight excluding hydrogens is 691 g/mol. The molecule has 2 aliphatic carbocycles. The van der Waals surface area contributed by atoms with E-state index in [9.17, 15) is 31.6 Å². The summed E-state index contributed by atoms with van der Waals surface area (Å²) in [6, 6.07) is 18.5. The molecule has 1 saturated heterocycles. The molecule has 1 unspecified atom stereocenters. The minimum absolute atomic E-state index is 0.00459. The van der Waals surface area contributed by atoms with E-state index >= 15 is 0 Å². The number of sulfonamides is 1. The van der Waals surface area contributed by atoms with E-state index in [1.807, 2.05) is 54.6 Å². The third-order valence-electron chi connectivity index (χ3n) is 10.4. The molecule has 276 valence electrons. The highest BCUT2D eigenvalue weighted by Gasteiger charge is 2.62. The number of halogens is 2. The van der Waals surface area contributed by atoms with Gasteiger partial charge in [-0.05, 0) is 53.5 Å². The minimum atomic E-state index is -3.91. The molecule has 10 nitrogen and oxygen atoms in total. The van der Waals surface area contributed by atoms with Gasteiger partial charge in [0, 0.05) is 31.2 Å². The molecule has 2 saturated carbocycles. The zero-order valence-electron chi connectivity index (χ0n) is 29.6. The van der Waals surface area contributed by atoms with Crippen LogP contribution < -0.4 is 15.4 Å². The lowest BCUT2D eigenvalue weighted by molar-refractivity contribution is -0.142. The number of carbonyl (C=O) groups excluding carboxylic acids is 3. The van der Waals surface area contributed by atoms with Crippen molar-refractivity contribution in [2.45, 2.75) is 74.9 Å². The summed E-state index contributed by atoms with van der Waals surface area (Å²) in [5, 5.41) is 5.22. The van der Waals surface area contributed by atoms with Gasteiger partial charge in [0.25, 0.3) is 5.91 Å². The van der Waals surface area contributed by atoms with Crippen LogP contribution in [-0.2, 0) is 34.7 Å². The molecule has 52 heavy (non-hydrogen) atoms. The largest absolute Gasteiger partial charge is 0.373 e. The van der Waals surface area contributed by atoms with Gasteiger partial charge in [0.1, 0.15) is 23.2 Å². The third-order valence-corrected chi connectivity index (χ3v) is 12.2. The highest BCUT2D eigenvalue weighted by molar-refractivity contribution is 7.91. The van der Waals surface area contributed by atoms with Gasteiger partial charge in [0.15, 0.2) is 11.6 Å². The molecule has 13 heteroatoms. The summed E-state index contributed by atoms with van der Waals surface area (Å²) in [6.07, 6.45) is 2.53.